The third-order valence-corrected chi connectivity index (χ3v) is 3.72. The van der Waals surface area contributed by atoms with Gasteiger partial charge in [-0.1, -0.05) is 26.0 Å². The number of hydrogen-bond donors (Lipinski definition) is 1. The monoisotopic (exact) mass is 240 g/mol. The number of ether oxygens (including phenoxy) is 1. The molecule has 1 aliphatic rings. The van der Waals surface area contributed by atoms with Crippen LogP contribution in [0.25, 0.3) is 0 Å². The van der Waals surface area contributed by atoms with Crippen molar-refractivity contribution in [2.24, 2.45) is 11.7 Å². The van der Waals surface area contributed by atoms with Gasteiger partial charge in [-0.05, 0) is 25.2 Å². The van der Waals surface area contributed by atoms with Crippen LogP contribution in [0.15, 0.2) is 12.2 Å². The van der Waals surface area contributed by atoms with Gasteiger partial charge >= 0.3 is 0 Å². The summed E-state index contributed by atoms with van der Waals surface area (Å²) >= 11 is 0. The molecule has 0 aliphatic heterocycles. The number of rotatable bonds is 8. The molecule has 1 rings (SSSR count). The van der Waals surface area contributed by atoms with E-state index in [4.69, 9.17) is 10.5 Å². The van der Waals surface area contributed by atoms with E-state index in [1.807, 2.05) is 0 Å². The molecule has 0 aromatic rings. The van der Waals surface area contributed by atoms with Crippen LogP contribution in [-0.4, -0.2) is 43.8 Å². The van der Waals surface area contributed by atoms with Gasteiger partial charge in [0.25, 0.3) is 0 Å². The second-order valence-electron chi connectivity index (χ2n) is 5.00. The van der Waals surface area contributed by atoms with Crippen LogP contribution in [0.2, 0.25) is 0 Å². The predicted octanol–water partition coefficient (Wildman–Crippen LogP) is 2.03. The third-order valence-electron chi connectivity index (χ3n) is 3.72. The Morgan fingerprint density at radius 3 is 2.53 bits per heavy atom. The number of hydrogen-bond acceptors (Lipinski definition) is 3. The number of nitrogens with two attached hydrogens (primary N) is 1. The maximum atomic E-state index is 5.91. The molecule has 0 fully saturated rings. The van der Waals surface area contributed by atoms with Crippen molar-refractivity contribution < 1.29 is 4.74 Å². The van der Waals surface area contributed by atoms with E-state index in [9.17, 15) is 0 Å². The molecule has 0 bridgehead atoms. The minimum Gasteiger partial charge on any atom is -0.383 e. The summed E-state index contributed by atoms with van der Waals surface area (Å²) in [4.78, 5) is 2.57. The lowest BCUT2D eigenvalue weighted by Gasteiger charge is -2.32. The zero-order valence-electron chi connectivity index (χ0n) is 11.6. The minimum absolute atomic E-state index is 0.269. The van der Waals surface area contributed by atoms with Crippen molar-refractivity contribution in [1.82, 2.24) is 4.90 Å². The molecule has 17 heavy (non-hydrogen) atoms. The zero-order chi connectivity index (χ0) is 12.7. The highest BCUT2D eigenvalue weighted by atomic mass is 16.5. The predicted molar refractivity (Wildman–Crippen MR) is 73.0 cm³/mol. The average Bonchev–Trinajstić information content (AvgIpc) is 2.73. The number of nitrogens with zero attached hydrogens (tertiary/aromatic N) is 1. The fourth-order valence-electron chi connectivity index (χ4n) is 2.68. The lowest BCUT2D eigenvalue weighted by atomic mass is 10.0. The van der Waals surface area contributed by atoms with Crippen LogP contribution < -0.4 is 5.73 Å². The van der Waals surface area contributed by atoms with E-state index in [-0.39, 0.29) is 6.04 Å². The van der Waals surface area contributed by atoms with Gasteiger partial charge in [0.1, 0.15) is 0 Å². The average molecular weight is 240 g/mol. The first-order valence-electron chi connectivity index (χ1n) is 6.88. The van der Waals surface area contributed by atoms with Crippen molar-refractivity contribution in [3.05, 3.63) is 12.2 Å². The maximum absolute atomic E-state index is 5.91. The molecular weight excluding hydrogens is 212 g/mol. The smallest absolute Gasteiger partial charge is 0.0589 e. The van der Waals surface area contributed by atoms with Gasteiger partial charge in [-0.25, -0.2) is 0 Å². The van der Waals surface area contributed by atoms with E-state index >= 15 is 0 Å². The van der Waals surface area contributed by atoms with Crippen molar-refractivity contribution in [1.29, 1.82) is 0 Å². The molecule has 0 aromatic carbocycles. The minimum atomic E-state index is 0.269. The van der Waals surface area contributed by atoms with E-state index < -0.39 is 0 Å². The molecule has 0 saturated carbocycles. The lowest BCUT2D eigenvalue weighted by molar-refractivity contribution is 0.106. The molecule has 0 amide bonds. The van der Waals surface area contributed by atoms with Gasteiger partial charge in [-0.15, -0.1) is 0 Å². The summed E-state index contributed by atoms with van der Waals surface area (Å²) in [6.07, 6.45) is 7.95. The lowest BCUT2D eigenvalue weighted by Crippen LogP contribution is -2.40. The Kier molecular flexibility index (Phi) is 6.78. The van der Waals surface area contributed by atoms with Crippen molar-refractivity contribution in [3.8, 4) is 0 Å². The molecule has 0 saturated heterocycles. The van der Waals surface area contributed by atoms with E-state index in [1.54, 1.807) is 7.11 Å². The fourth-order valence-corrected chi connectivity index (χ4v) is 2.68. The third kappa shape index (κ3) is 4.78. The van der Waals surface area contributed by atoms with Gasteiger partial charge in [-0.2, -0.15) is 0 Å². The van der Waals surface area contributed by atoms with Crippen LogP contribution >= 0.6 is 0 Å². The molecule has 0 radical (unpaired) electrons. The van der Waals surface area contributed by atoms with Crippen LogP contribution in [0.5, 0.6) is 0 Å². The van der Waals surface area contributed by atoms with Gasteiger partial charge in [0.15, 0.2) is 0 Å². The van der Waals surface area contributed by atoms with Crippen molar-refractivity contribution in [2.45, 2.75) is 45.2 Å². The Morgan fingerprint density at radius 1 is 1.35 bits per heavy atom. The van der Waals surface area contributed by atoms with Gasteiger partial charge in [0.05, 0.1) is 6.61 Å². The first-order valence-corrected chi connectivity index (χ1v) is 6.88. The molecule has 1 aliphatic carbocycles. The molecule has 3 nitrogen and oxygen atoms in total. The largest absolute Gasteiger partial charge is 0.383 e. The SMILES string of the molecule is CCC(CC)N(CCOC)CC1C=CC(N)C1. The summed E-state index contributed by atoms with van der Waals surface area (Å²) in [6, 6.07) is 0.946. The Hall–Kier alpha value is -0.380. The van der Waals surface area contributed by atoms with Crippen LogP contribution in [0.1, 0.15) is 33.1 Å². The molecule has 0 aromatic heterocycles. The van der Waals surface area contributed by atoms with Crippen LogP contribution in [0, 0.1) is 5.92 Å². The maximum Gasteiger partial charge on any atom is 0.0589 e. The second-order valence-corrected chi connectivity index (χ2v) is 5.00. The van der Waals surface area contributed by atoms with Crippen LogP contribution in [0.4, 0.5) is 0 Å². The molecule has 3 heteroatoms. The Bertz CT molecular complexity index is 226. The first kappa shape index (κ1) is 14.7. The highest BCUT2D eigenvalue weighted by Crippen LogP contribution is 2.20. The second kappa shape index (κ2) is 7.85. The molecule has 2 N–H and O–H groups in total. The van der Waals surface area contributed by atoms with Crippen molar-refractivity contribution >= 4 is 0 Å². The molecule has 0 spiro atoms. The first-order chi connectivity index (χ1) is 8.21. The van der Waals surface area contributed by atoms with Gasteiger partial charge in [-0.3, -0.25) is 4.90 Å². The zero-order valence-corrected chi connectivity index (χ0v) is 11.6. The number of methoxy groups -OCH3 is 1. The van der Waals surface area contributed by atoms with E-state index in [2.05, 4.69) is 30.9 Å². The molecule has 2 atom stereocenters. The standard InChI is InChI=1S/C14H28N2O/c1-4-14(5-2)16(8-9-17-3)11-12-6-7-13(15)10-12/h6-7,12-14H,4-5,8-11,15H2,1-3H3. The van der Waals surface area contributed by atoms with Crippen molar-refractivity contribution in [2.75, 3.05) is 26.8 Å². The summed E-state index contributed by atoms with van der Waals surface area (Å²) in [7, 11) is 1.77. The molecular formula is C14H28N2O. The molecule has 100 valence electrons. The van der Waals surface area contributed by atoms with Gasteiger partial charge in [0.2, 0.25) is 0 Å². The van der Waals surface area contributed by atoms with Crippen LogP contribution in [0.3, 0.4) is 0 Å². The molecule has 2 unspecified atom stereocenters. The summed E-state index contributed by atoms with van der Waals surface area (Å²) < 4.78 is 5.21. The quantitative estimate of drug-likeness (QED) is 0.660. The van der Waals surface area contributed by atoms with Crippen molar-refractivity contribution in [3.63, 3.8) is 0 Å². The van der Waals surface area contributed by atoms with Gasteiger partial charge in [0, 0.05) is 32.3 Å². The normalized spacial score (nSPS) is 24.1. The summed E-state index contributed by atoms with van der Waals surface area (Å²) in [5, 5.41) is 0. The Morgan fingerprint density at radius 2 is 2.06 bits per heavy atom. The highest BCUT2D eigenvalue weighted by molar-refractivity contribution is 5.05. The van der Waals surface area contributed by atoms with Gasteiger partial charge < -0.3 is 10.5 Å². The topological polar surface area (TPSA) is 38.5 Å². The Labute approximate surface area is 106 Å². The highest BCUT2D eigenvalue weighted by Gasteiger charge is 2.22. The summed E-state index contributed by atoms with van der Waals surface area (Å²) in [5.41, 5.74) is 5.91. The Balaban J connectivity index is 2.47. The summed E-state index contributed by atoms with van der Waals surface area (Å²) in [6.45, 7) is 7.51. The van der Waals surface area contributed by atoms with E-state index in [0.717, 1.165) is 26.1 Å². The molecule has 0 heterocycles. The van der Waals surface area contributed by atoms with Crippen LogP contribution in [-0.2, 0) is 4.74 Å². The summed E-state index contributed by atoms with van der Waals surface area (Å²) in [5.74, 6) is 0.627. The fraction of sp³-hybridized carbons (Fsp3) is 0.857. The van der Waals surface area contributed by atoms with E-state index in [1.165, 1.54) is 12.8 Å². The van der Waals surface area contributed by atoms with E-state index in [0.29, 0.717) is 12.0 Å².